The van der Waals surface area contributed by atoms with Crippen LogP contribution in [0.3, 0.4) is 0 Å². The van der Waals surface area contributed by atoms with E-state index in [-0.39, 0.29) is 24.1 Å². The molecule has 1 aliphatic rings. The predicted molar refractivity (Wildman–Crippen MR) is 86.5 cm³/mol. The fourth-order valence-electron chi connectivity index (χ4n) is 2.62. The maximum Gasteiger partial charge on any atom is 0.306 e. The molecule has 0 spiro atoms. The lowest BCUT2D eigenvalue weighted by molar-refractivity contribution is -0.143. The lowest BCUT2D eigenvalue weighted by atomic mass is 9.88. The van der Waals surface area contributed by atoms with Crippen molar-refractivity contribution in [1.29, 1.82) is 0 Å². The third-order valence-electron chi connectivity index (χ3n) is 3.74. The maximum absolute atomic E-state index is 12.4. The number of carbonyl (C=O) groups excluding carboxylic acids is 2. The Hall–Kier alpha value is -2.16. The zero-order chi connectivity index (χ0) is 15.8. The van der Waals surface area contributed by atoms with Crippen molar-refractivity contribution in [2.75, 3.05) is 6.61 Å². The molecule has 0 heterocycles. The van der Waals surface area contributed by atoms with Gasteiger partial charge in [0.15, 0.2) is 5.78 Å². The average molecular weight is 298 g/mol. The first-order chi connectivity index (χ1) is 10.7. The van der Waals surface area contributed by atoms with Gasteiger partial charge in [-0.2, -0.15) is 0 Å². The smallest absolute Gasteiger partial charge is 0.306 e. The normalized spacial score (nSPS) is 15.0. The molecule has 3 nitrogen and oxygen atoms in total. The van der Waals surface area contributed by atoms with Crippen molar-refractivity contribution in [2.45, 2.75) is 38.5 Å². The molecule has 0 aliphatic heterocycles. The summed E-state index contributed by atoms with van der Waals surface area (Å²) in [6.07, 6.45) is 8.36. The molecule has 0 amide bonds. The van der Waals surface area contributed by atoms with Gasteiger partial charge in [0.05, 0.1) is 13.0 Å². The van der Waals surface area contributed by atoms with Gasteiger partial charge in [-0.25, -0.2) is 0 Å². The second-order valence-electron chi connectivity index (χ2n) is 5.38. The third-order valence-corrected chi connectivity index (χ3v) is 3.74. The van der Waals surface area contributed by atoms with E-state index in [0.717, 1.165) is 24.0 Å². The molecule has 0 saturated heterocycles. The van der Waals surface area contributed by atoms with Crippen molar-refractivity contribution in [3.63, 3.8) is 0 Å². The van der Waals surface area contributed by atoms with Crippen molar-refractivity contribution in [3.8, 4) is 0 Å². The Morgan fingerprint density at radius 1 is 1.14 bits per heavy atom. The van der Waals surface area contributed by atoms with E-state index in [0.29, 0.717) is 13.0 Å². The predicted octanol–water partition coefficient (Wildman–Crippen LogP) is 3.96. The summed E-state index contributed by atoms with van der Waals surface area (Å²) in [6.45, 7) is 2.15. The van der Waals surface area contributed by atoms with Crippen LogP contribution in [0.1, 0.15) is 44.1 Å². The van der Waals surface area contributed by atoms with Gasteiger partial charge in [-0.3, -0.25) is 9.59 Å². The van der Waals surface area contributed by atoms with E-state index in [1.54, 1.807) is 6.92 Å². The second-order valence-corrected chi connectivity index (χ2v) is 5.38. The maximum atomic E-state index is 12.4. The van der Waals surface area contributed by atoms with E-state index in [4.69, 9.17) is 4.74 Å². The van der Waals surface area contributed by atoms with Gasteiger partial charge < -0.3 is 4.74 Å². The number of allylic oxidation sites excluding steroid dienone is 4. The Kier molecular flexibility index (Phi) is 6.13. The van der Waals surface area contributed by atoms with Crippen molar-refractivity contribution in [3.05, 3.63) is 59.7 Å². The van der Waals surface area contributed by atoms with Crippen LogP contribution in [0.15, 0.2) is 54.1 Å². The topological polar surface area (TPSA) is 43.4 Å². The van der Waals surface area contributed by atoms with Crippen molar-refractivity contribution in [2.24, 2.45) is 0 Å². The molecule has 0 radical (unpaired) electrons. The Bertz CT molecular complexity index is 570. The first-order valence-electron chi connectivity index (χ1n) is 7.81. The van der Waals surface area contributed by atoms with Crippen molar-refractivity contribution >= 4 is 11.8 Å². The van der Waals surface area contributed by atoms with E-state index in [9.17, 15) is 9.59 Å². The number of carbonyl (C=O) groups is 2. The van der Waals surface area contributed by atoms with Crippen LogP contribution in [-0.2, 0) is 14.3 Å². The van der Waals surface area contributed by atoms with Gasteiger partial charge in [0.2, 0.25) is 0 Å². The highest BCUT2D eigenvalue weighted by molar-refractivity contribution is 5.98. The van der Waals surface area contributed by atoms with Gasteiger partial charge >= 0.3 is 5.97 Å². The number of rotatable bonds is 7. The minimum atomic E-state index is -0.252. The molecule has 0 fully saturated rings. The van der Waals surface area contributed by atoms with Crippen molar-refractivity contribution in [1.82, 2.24) is 0 Å². The van der Waals surface area contributed by atoms with E-state index < -0.39 is 0 Å². The first kappa shape index (κ1) is 16.2. The second kappa shape index (κ2) is 8.32. The molecule has 2 rings (SSSR count). The molecule has 1 aromatic rings. The molecule has 1 atom stereocenters. The average Bonchev–Trinajstić information content (AvgIpc) is 2.56. The molecule has 1 aromatic carbocycles. The lowest BCUT2D eigenvalue weighted by Gasteiger charge is -2.17. The quantitative estimate of drug-likeness (QED) is 0.716. The minimum Gasteiger partial charge on any atom is -0.466 e. The van der Waals surface area contributed by atoms with Gasteiger partial charge in [0.1, 0.15) is 0 Å². The van der Waals surface area contributed by atoms with Gasteiger partial charge in [0.25, 0.3) is 0 Å². The summed E-state index contributed by atoms with van der Waals surface area (Å²) in [5.74, 6) is -0.296. The summed E-state index contributed by atoms with van der Waals surface area (Å²) in [5, 5.41) is 0. The number of esters is 1. The molecule has 116 valence electrons. The molecule has 0 saturated carbocycles. The highest BCUT2D eigenvalue weighted by atomic mass is 16.5. The molecule has 3 heteroatoms. The van der Waals surface area contributed by atoms with E-state index in [2.05, 4.69) is 0 Å². The van der Waals surface area contributed by atoms with Crippen LogP contribution in [0, 0.1) is 0 Å². The highest BCUT2D eigenvalue weighted by Crippen LogP contribution is 2.26. The van der Waals surface area contributed by atoms with Gasteiger partial charge in [-0.1, -0.05) is 48.6 Å². The number of hydrogen-bond donors (Lipinski definition) is 0. The van der Waals surface area contributed by atoms with Gasteiger partial charge in [-0.15, -0.1) is 0 Å². The van der Waals surface area contributed by atoms with Crippen LogP contribution in [-0.4, -0.2) is 18.4 Å². The van der Waals surface area contributed by atoms with E-state index in [1.165, 1.54) is 0 Å². The molecule has 1 unspecified atom stereocenters. The Labute approximate surface area is 131 Å². The molecular weight excluding hydrogens is 276 g/mol. The van der Waals surface area contributed by atoms with Crippen LogP contribution in [0.5, 0.6) is 0 Å². The fourth-order valence-corrected chi connectivity index (χ4v) is 2.62. The first-order valence-corrected chi connectivity index (χ1v) is 7.81. The van der Waals surface area contributed by atoms with Crippen LogP contribution in [0.25, 0.3) is 0 Å². The highest BCUT2D eigenvalue weighted by Gasteiger charge is 2.21. The zero-order valence-electron chi connectivity index (χ0n) is 13.0. The van der Waals surface area contributed by atoms with E-state index in [1.807, 2.05) is 48.6 Å². The molecule has 0 N–H and O–H groups in total. The monoisotopic (exact) mass is 298 g/mol. The van der Waals surface area contributed by atoms with Crippen molar-refractivity contribution < 1.29 is 14.3 Å². The number of Topliss-reactive ketones (excluding diaryl/α,β-unsaturated/α-hetero) is 1. The summed E-state index contributed by atoms with van der Waals surface area (Å²) in [4.78, 5) is 24.3. The number of hydrogen-bond acceptors (Lipinski definition) is 3. The Morgan fingerprint density at radius 3 is 2.55 bits per heavy atom. The summed E-state index contributed by atoms with van der Waals surface area (Å²) in [6, 6.07) is 9.71. The fraction of sp³-hybridized carbons (Fsp3) is 0.368. The SMILES string of the molecule is CCOC(=O)CC(CC(=O)C1=CCCC=C1)c1ccccc1. The van der Waals surface area contributed by atoms with Crippen LogP contribution < -0.4 is 0 Å². The summed E-state index contributed by atoms with van der Waals surface area (Å²) < 4.78 is 5.04. The Morgan fingerprint density at radius 2 is 1.91 bits per heavy atom. The summed E-state index contributed by atoms with van der Waals surface area (Å²) in [7, 11) is 0. The number of ether oxygens (including phenoxy) is 1. The summed E-state index contributed by atoms with van der Waals surface area (Å²) in [5.41, 5.74) is 1.76. The zero-order valence-corrected chi connectivity index (χ0v) is 13.0. The molecule has 0 aromatic heterocycles. The van der Waals surface area contributed by atoms with Crippen LogP contribution in [0.2, 0.25) is 0 Å². The van der Waals surface area contributed by atoms with Crippen LogP contribution >= 0.6 is 0 Å². The summed E-state index contributed by atoms with van der Waals surface area (Å²) >= 11 is 0. The van der Waals surface area contributed by atoms with E-state index >= 15 is 0 Å². The molecule has 22 heavy (non-hydrogen) atoms. The number of benzene rings is 1. The molecular formula is C19H22O3. The Balaban J connectivity index is 2.10. The lowest BCUT2D eigenvalue weighted by Crippen LogP contribution is -2.15. The standard InChI is InChI=1S/C19H22O3/c1-2-22-19(21)14-17(15-9-5-3-6-10-15)13-18(20)16-11-7-4-8-12-16/h3,5-7,9-12,17H,2,4,8,13-14H2,1H3. The third kappa shape index (κ3) is 4.69. The molecule has 1 aliphatic carbocycles. The van der Waals surface area contributed by atoms with Gasteiger partial charge in [-0.05, 0) is 25.3 Å². The minimum absolute atomic E-state index is 0.0918. The largest absolute Gasteiger partial charge is 0.466 e. The molecule has 0 bridgehead atoms. The number of ketones is 1. The van der Waals surface area contributed by atoms with Gasteiger partial charge in [0, 0.05) is 17.9 Å². The van der Waals surface area contributed by atoms with Crippen LogP contribution in [0.4, 0.5) is 0 Å².